The topological polar surface area (TPSA) is 57.5 Å². The fourth-order valence-electron chi connectivity index (χ4n) is 5.45. The number of fused-ring (bicyclic) bond motifs is 2. The number of amides is 1. The number of aliphatic hydroxyl groups is 1. The molecule has 1 amide bonds. The molecule has 2 aromatic rings. The van der Waals surface area contributed by atoms with Crippen LogP contribution in [0.1, 0.15) is 48.9 Å². The summed E-state index contributed by atoms with van der Waals surface area (Å²) in [5, 5.41) is 13.9. The first-order valence-electron chi connectivity index (χ1n) is 11.0. The van der Waals surface area contributed by atoms with E-state index in [4.69, 9.17) is 0 Å². The third-order valence-electron chi connectivity index (χ3n) is 7.20. The second-order valence-corrected chi connectivity index (χ2v) is 9.08. The van der Waals surface area contributed by atoms with Crippen LogP contribution in [-0.4, -0.2) is 52.8 Å². The maximum atomic E-state index is 12.9. The monoisotopic (exact) mass is 393 g/mol. The first-order chi connectivity index (χ1) is 14.0. The molecule has 5 rings (SSSR count). The van der Waals surface area contributed by atoms with Crippen LogP contribution < -0.4 is 5.32 Å². The van der Waals surface area contributed by atoms with E-state index in [0.717, 1.165) is 25.3 Å². The summed E-state index contributed by atoms with van der Waals surface area (Å²) in [6, 6.07) is 6.79. The molecular weight excluding hydrogens is 362 g/mol. The van der Waals surface area contributed by atoms with Gasteiger partial charge in [0.25, 0.3) is 0 Å². The summed E-state index contributed by atoms with van der Waals surface area (Å²) in [7, 11) is 4.36. The Balaban J connectivity index is 1.58. The van der Waals surface area contributed by atoms with Crippen molar-refractivity contribution in [3.63, 3.8) is 0 Å². The normalized spacial score (nSPS) is 24.9. The number of aryl methyl sites for hydroxylation is 1. The van der Waals surface area contributed by atoms with Crippen molar-refractivity contribution in [2.24, 2.45) is 13.0 Å². The average molecular weight is 394 g/mol. The Bertz CT molecular complexity index is 997. The van der Waals surface area contributed by atoms with E-state index in [1.54, 1.807) is 0 Å². The highest BCUT2D eigenvalue weighted by molar-refractivity contribution is 6.00. The quantitative estimate of drug-likeness (QED) is 0.821. The van der Waals surface area contributed by atoms with Crippen molar-refractivity contribution in [3.8, 4) is 0 Å². The molecule has 5 nitrogen and oxygen atoms in total. The van der Waals surface area contributed by atoms with Crippen molar-refractivity contribution in [2.45, 2.75) is 50.6 Å². The number of aromatic nitrogens is 1. The van der Waals surface area contributed by atoms with Gasteiger partial charge < -0.3 is 15.0 Å². The van der Waals surface area contributed by atoms with Crippen molar-refractivity contribution < 1.29 is 9.90 Å². The van der Waals surface area contributed by atoms with Crippen LogP contribution in [0, 0.1) is 5.92 Å². The van der Waals surface area contributed by atoms with Gasteiger partial charge >= 0.3 is 0 Å². The van der Waals surface area contributed by atoms with E-state index in [-0.39, 0.29) is 24.5 Å². The fourth-order valence-corrected chi connectivity index (χ4v) is 5.45. The average Bonchev–Trinajstić information content (AvgIpc) is 3.52. The van der Waals surface area contributed by atoms with Crippen LogP contribution in [0.3, 0.4) is 0 Å². The number of carbonyl (C=O) groups is 1. The molecule has 0 radical (unpaired) electrons. The van der Waals surface area contributed by atoms with Gasteiger partial charge in [-0.05, 0) is 61.4 Å². The number of likely N-dealkylation sites (N-methyl/N-ethyl adjacent to an activating group) is 1. The molecule has 29 heavy (non-hydrogen) atoms. The van der Waals surface area contributed by atoms with E-state index < -0.39 is 0 Å². The molecule has 2 heterocycles. The van der Waals surface area contributed by atoms with Crippen LogP contribution in [0.25, 0.3) is 16.5 Å². The summed E-state index contributed by atoms with van der Waals surface area (Å²) in [4.78, 5) is 15.2. The van der Waals surface area contributed by atoms with E-state index in [2.05, 4.69) is 53.2 Å². The molecule has 3 aliphatic rings. The molecule has 1 aromatic carbocycles. The van der Waals surface area contributed by atoms with Gasteiger partial charge in [0.15, 0.2) is 0 Å². The third kappa shape index (κ3) is 2.94. The Morgan fingerprint density at radius 2 is 2.10 bits per heavy atom. The van der Waals surface area contributed by atoms with Gasteiger partial charge in [0, 0.05) is 36.2 Å². The van der Waals surface area contributed by atoms with Crippen LogP contribution in [0.15, 0.2) is 24.3 Å². The van der Waals surface area contributed by atoms with Crippen molar-refractivity contribution in [1.82, 2.24) is 14.8 Å². The van der Waals surface area contributed by atoms with Gasteiger partial charge in [0.2, 0.25) is 5.91 Å². The molecule has 0 saturated heterocycles. The molecule has 1 aromatic heterocycles. The van der Waals surface area contributed by atoms with Crippen LogP contribution in [0.4, 0.5) is 0 Å². The van der Waals surface area contributed by atoms with Crippen molar-refractivity contribution >= 4 is 22.4 Å². The summed E-state index contributed by atoms with van der Waals surface area (Å²) in [5.74, 6) is 0.557. The van der Waals surface area contributed by atoms with Gasteiger partial charge in [-0.1, -0.05) is 25.1 Å². The third-order valence-corrected chi connectivity index (χ3v) is 7.20. The predicted molar refractivity (Wildman–Crippen MR) is 116 cm³/mol. The lowest BCUT2D eigenvalue weighted by Crippen LogP contribution is -2.48. The molecular formula is C24H31N3O2. The number of nitrogens with zero attached hydrogens (tertiary/aromatic N) is 2. The van der Waals surface area contributed by atoms with Crippen molar-refractivity contribution in [3.05, 3.63) is 41.1 Å². The van der Waals surface area contributed by atoms with Gasteiger partial charge in [-0.2, -0.15) is 0 Å². The van der Waals surface area contributed by atoms with Crippen LogP contribution in [0.5, 0.6) is 0 Å². The zero-order valence-electron chi connectivity index (χ0n) is 17.6. The van der Waals surface area contributed by atoms with E-state index >= 15 is 0 Å². The van der Waals surface area contributed by atoms with Crippen LogP contribution in [0.2, 0.25) is 0 Å². The second kappa shape index (κ2) is 6.99. The number of aliphatic hydroxyl groups excluding tert-OH is 1. The van der Waals surface area contributed by atoms with Crippen molar-refractivity contribution in [1.29, 1.82) is 0 Å². The number of rotatable bonds is 5. The minimum atomic E-state index is -0.185. The molecule has 1 saturated carbocycles. The first kappa shape index (κ1) is 18.9. The molecule has 2 N–H and O–H groups in total. The Morgan fingerprint density at radius 3 is 2.79 bits per heavy atom. The Kier molecular flexibility index (Phi) is 4.56. The molecule has 0 bridgehead atoms. The van der Waals surface area contributed by atoms with E-state index in [0.29, 0.717) is 6.04 Å². The summed E-state index contributed by atoms with van der Waals surface area (Å²) in [6.45, 7) is 2.69. The minimum absolute atomic E-state index is 0.0133. The lowest BCUT2D eigenvalue weighted by atomic mass is 9.79. The second-order valence-electron chi connectivity index (χ2n) is 9.08. The molecule has 1 fully saturated rings. The summed E-state index contributed by atoms with van der Waals surface area (Å²) in [5.41, 5.74) is 6.98. The van der Waals surface area contributed by atoms with Crippen molar-refractivity contribution in [2.75, 3.05) is 20.2 Å². The molecule has 2 aliphatic carbocycles. The molecule has 154 valence electrons. The van der Waals surface area contributed by atoms with Gasteiger partial charge in [-0.25, -0.2) is 0 Å². The highest BCUT2D eigenvalue weighted by Gasteiger charge is 2.39. The number of hydrogen-bond acceptors (Lipinski definition) is 3. The van der Waals surface area contributed by atoms with Gasteiger partial charge in [-0.15, -0.1) is 0 Å². The smallest absolute Gasteiger partial charge is 0.228 e. The molecule has 5 heteroatoms. The minimum Gasteiger partial charge on any atom is -0.394 e. The maximum absolute atomic E-state index is 12.9. The summed E-state index contributed by atoms with van der Waals surface area (Å²) in [6.07, 6.45) is 6.58. The number of nitrogens with one attached hydrogen (secondary N) is 1. The largest absolute Gasteiger partial charge is 0.394 e. The van der Waals surface area contributed by atoms with E-state index in [1.807, 2.05) is 6.92 Å². The van der Waals surface area contributed by atoms with Crippen LogP contribution in [-0.2, 0) is 18.3 Å². The van der Waals surface area contributed by atoms with Gasteiger partial charge in [0.1, 0.15) is 0 Å². The number of carbonyl (C=O) groups excluding carboxylic acids is 1. The highest BCUT2D eigenvalue weighted by atomic mass is 16.3. The van der Waals surface area contributed by atoms with E-state index in [9.17, 15) is 9.90 Å². The SMILES string of the molecule is CC[C@@H](CO)NC(=O)[C@@H]1C=C2c3cccc4c3c(c(C3CC3)n4C)C[C@H]2N(C)C1. The maximum Gasteiger partial charge on any atom is 0.228 e. The number of benzene rings is 1. The summed E-state index contributed by atoms with van der Waals surface area (Å²) < 4.78 is 2.42. The zero-order valence-corrected chi connectivity index (χ0v) is 17.6. The Labute approximate surface area is 172 Å². The van der Waals surface area contributed by atoms with Gasteiger partial charge in [0.05, 0.1) is 18.6 Å². The molecule has 0 spiro atoms. The number of hydrogen-bond donors (Lipinski definition) is 2. The van der Waals surface area contributed by atoms with Gasteiger partial charge in [-0.3, -0.25) is 9.69 Å². The highest BCUT2D eigenvalue weighted by Crippen LogP contribution is 2.49. The van der Waals surface area contributed by atoms with E-state index in [1.165, 1.54) is 46.1 Å². The van der Waals surface area contributed by atoms with Crippen LogP contribution >= 0.6 is 0 Å². The fraction of sp³-hybridized carbons (Fsp3) is 0.542. The molecule has 3 atom stereocenters. The Hall–Kier alpha value is -2.11. The first-order valence-corrected chi connectivity index (χ1v) is 11.0. The lowest BCUT2D eigenvalue weighted by Gasteiger charge is -2.40. The predicted octanol–water partition coefficient (Wildman–Crippen LogP) is 2.81. The Morgan fingerprint density at radius 1 is 1.31 bits per heavy atom. The molecule has 0 unspecified atom stereocenters. The standard InChI is InChI=1S/C24H31N3O2/c1-4-16(13-28)25-24(29)15-10-18-17-6-5-7-20-22(17)19(11-21(18)26(2)12-15)23(27(20)3)14-8-9-14/h5-7,10,14-16,21,28H,4,8-9,11-13H2,1-3H3,(H,25,29)/t15-,16+,21-/m1/s1. The molecule has 1 aliphatic heterocycles. The lowest BCUT2D eigenvalue weighted by molar-refractivity contribution is -0.125. The summed E-state index contributed by atoms with van der Waals surface area (Å²) >= 11 is 0. The zero-order chi connectivity index (χ0) is 20.3.